The molecule has 0 spiro atoms. The lowest BCUT2D eigenvalue weighted by Gasteiger charge is -2.33. The smallest absolute Gasteiger partial charge is 0.407 e. The summed E-state index contributed by atoms with van der Waals surface area (Å²) in [6.45, 7) is 31.8. The Morgan fingerprint density at radius 2 is 1.04 bits per heavy atom. The molecular formula is C85H131N5O19S3. The quantitative estimate of drug-likeness (QED) is 0.0204. The molecule has 0 aliphatic heterocycles. The van der Waals surface area contributed by atoms with Crippen molar-refractivity contribution in [1.82, 2.24) is 26.6 Å². The maximum absolute atomic E-state index is 15.2. The van der Waals surface area contributed by atoms with Gasteiger partial charge in [0.25, 0.3) is 0 Å². The molecular weight excluding hydrogens is 1490 g/mol. The predicted octanol–water partition coefficient (Wildman–Crippen LogP) is 11.9. The first kappa shape index (κ1) is 99.5. The minimum atomic E-state index is -1.52. The Morgan fingerprint density at radius 1 is 0.518 bits per heavy atom. The van der Waals surface area contributed by atoms with Gasteiger partial charge in [0.15, 0.2) is 28.9 Å². The van der Waals surface area contributed by atoms with Gasteiger partial charge in [0, 0.05) is 56.1 Å². The van der Waals surface area contributed by atoms with Crippen LogP contribution < -0.4 is 31.3 Å². The molecule has 0 aliphatic carbocycles. The Morgan fingerprint density at radius 3 is 1.59 bits per heavy atom. The summed E-state index contributed by atoms with van der Waals surface area (Å²) < 4.78 is 35.2. The number of Topliss-reactive ketones (excluding diaryl/α,β-unsaturated/α-hetero) is 5. The second-order valence-electron chi connectivity index (χ2n) is 33.3. The van der Waals surface area contributed by atoms with Crippen LogP contribution in [0.2, 0.25) is 0 Å². The molecule has 0 fully saturated rings. The van der Waals surface area contributed by atoms with Gasteiger partial charge < -0.3 is 65.2 Å². The number of aliphatic hydroxyl groups excluding tert-OH is 1. The number of nitrogens with one attached hydrogen (secondary N) is 5. The number of ether oxygens (including phenoxy) is 6. The number of carbonyl (C=O) groups is 11. The van der Waals surface area contributed by atoms with Crippen LogP contribution >= 0.6 is 33.3 Å². The molecule has 0 saturated carbocycles. The standard InChI is InChI=1S/C85H131N5O19S3/c1-20-55(5)75(72(95)45-61(80(101)102)37-41-110-19)89-77(98)62(42-57-26-23-22-24-27-57)46-70(93)67(44-58-29-31-60(32-30-58)49-82(7,8)9)87-78(99)63(50-91)47-73(96)76(56(6)108-84(13,14)15)90-79(100)64(51-106-83(10,11)12)48-71(94)66(43-59-33-35-65(36-34-59)109-85(16,17)18)86-74(97)52-105-40-39-104-38-25-28-69(92)68(53-112-111-21-2)88-81(103)107-54(3)4/h22-24,26-27,29-36,54-56,61-64,66-68,75-76,91H,20-21,25,28,37-53H2,1-19H3,(H,86,97)(H,87,99)(H,88,103)(H,89,98)(H,90,100)(H,101,102)/t55?,56?,61-,62-,63+,64+,66+,67+,68+,75+,76+/m1/s1. The van der Waals surface area contributed by atoms with E-state index in [0.717, 1.165) is 17.7 Å². The molecule has 112 heavy (non-hydrogen) atoms. The highest BCUT2D eigenvalue weighted by molar-refractivity contribution is 8.76. The van der Waals surface area contributed by atoms with Gasteiger partial charge in [-0.25, -0.2) is 4.79 Å². The van der Waals surface area contributed by atoms with Gasteiger partial charge in [0.1, 0.15) is 30.0 Å². The minimum absolute atomic E-state index is 0.0189. The highest BCUT2D eigenvalue weighted by Gasteiger charge is 2.40. The van der Waals surface area contributed by atoms with E-state index >= 15 is 14.4 Å². The number of rotatable bonds is 54. The second-order valence-corrected chi connectivity index (χ2v) is 37.0. The molecule has 0 radical (unpaired) electrons. The summed E-state index contributed by atoms with van der Waals surface area (Å²) in [5.41, 5.74) is 0.705. The zero-order chi connectivity index (χ0) is 84.1. The maximum Gasteiger partial charge on any atom is 0.407 e. The van der Waals surface area contributed by atoms with Gasteiger partial charge in [-0.05, 0) is 179 Å². The fourth-order valence-corrected chi connectivity index (χ4v) is 14.5. The van der Waals surface area contributed by atoms with Crippen molar-refractivity contribution < 1.29 is 91.4 Å². The van der Waals surface area contributed by atoms with E-state index in [4.69, 9.17) is 28.4 Å². The molecule has 3 rings (SSSR count). The van der Waals surface area contributed by atoms with Crippen LogP contribution in [-0.2, 0) is 97.3 Å². The van der Waals surface area contributed by atoms with Crippen LogP contribution in [-0.4, -0.2) is 197 Å². The summed E-state index contributed by atoms with van der Waals surface area (Å²) in [6.07, 6.45) is -0.316. The van der Waals surface area contributed by atoms with Crippen molar-refractivity contribution >= 4 is 98.0 Å². The number of amides is 5. The largest absolute Gasteiger partial charge is 0.488 e. The van der Waals surface area contributed by atoms with E-state index in [1.54, 1.807) is 135 Å². The molecule has 3 aromatic carbocycles. The number of ketones is 5. The SMILES string of the molecule is CCSSC[C@H](NC(=O)OC(C)C)C(=O)CCCOCCOCC(=O)N[C@@H](Cc1ccc(OC(C)(C)C)cc1)C(=O)C[C@@H](COC(C)(C)C)C(=O)N[C@H](C(=O)C[C@@H](CO)C(=O)N[C@@H](Cc1ccc(CC(C)(C)C)cc1)C(=O)C[C@@H](Cc1ccccc1)C(=O)N[C@H](C(=O)C[C@@H](CCSC)C(=O)O)C(C)CC)C(C)OC(C)(C)C. The third-order valence-electron chi connectivity index (χ3n) is 17.9. The highest BCUT2D eigenvalue weighted by atomic mass is 33.1. The molecule has 0 heterocycles. The Hall–Kier alpha value is -6.72. The number of carbonyl (C=O) groups excluding carboxylic acids is 10. The number of benzene rings is 3. The van der Waals surface area contributed by atoms with E-state index in [0.29, 0.717) is 46.8 Å². The Kier molecular flexibility index (Phi) is 44.3. The Balaban J connectivity index is 2.01. The fraction of sp³-hybridized carbons (Fsp3) is 0.659. The number of aliphatic carboxylic acids is 1. The van der Waals surface area contributed by atoms with Crippen LogP contribution in [0.25, 0.3) is 0 Å². The molecule has 24 nitrogen and oxygen atoms in total. The Bertz CT molecular complexity index is 3420. The first-order valence-electron chi connectivity index (χ1n) is 39.2. The third kappa shape index (κ3) is 41.0. The average molecular weight is 1620 g/mol. The predicted molar refractivity (Wildman–Crippen MR) is 442 cm³/mol. The summed E-state index contributed by atoms with van der Waals surface area (Å²) in [5, 5.41) is 35.3. The van der Waals surface area contributed by atoms with Gasteiger partial charge in [0.05, 0.1) is 85.7 Å². The van der Waals surface area contributed by atoms with Gasteiger partial charge >= 0.3 is 12.1 Å². The number of carboxylic acid groups (broad SMARTS) is 1. The minimum Gasteiger partial charge on any atom is -0.488 e. The van der Waals surface area contributed by atoms with Crippen molar-refractivity contribution in [2.45, 2.75) is 261 Å². The molecule has 628 valence electrons. The summed E-state index contributed by atoms with van der Waals surface area (Å²) in [5.74, 6) is -9.59. The number of aliphatic hydroxyl groups is 1. The normalized spacial score (nSPS) is 15.0. The van der Waals surface area contributed by atoms with Gasteiger partial charge in [-0.15, -0.1) is 0 Å². The number of thioether (sulfide) groups is 1. The van der Waals surface area contributed by atoms with E-state index < -0.39 is 174 Å². The van der Waals surface area contributed by atoms with E-state index in [1.165, 1.54) is 22.6 Å². The topological polar surface area (TPSA) is 344 Å². The van der Waals surface area contributed by atoms with E-state index in [1.807, 2.05) is 65.1 Å². The van der Waals surface area contributed by atoms with E-state index in [9.17, 15) is 48.6 Å². The molecule has 0 saturated heterocycles. The number of carboxylic acids is 1. The lowest BCUT2D eigenvalue weighted by molar-refractivity contribution is -0.144. The maximum atomic E-state index is 15.2. The molecule has 7 N–H and O–H groups in total. The monoisotopic (exact) mass is 1620 g/mol. The van der Waals surface area contributed by atoms with E-state index in [2.05, 4.69) is 47.4 Å². The summed E-state index contributed by atoms with van der Waals surface area (Å²) in [4.78, 5) is 156. The van der Waals surface area contributed by atoms with Crippen LogP contribution in [0.4, 0.5) is 4.79 Å². The number of hydrogen-bond acceptors (Lipinski definition) is 21. The van der Waals surface area contributed by atoms with Crippen molar-refractivity contribution in [2.75, 3.05) is 63.2 Å². The van der Waals surface area contributed by atoms with Gasteiger partial charge in [0.2, 0.25) is 23.6 Å². The zero-order valence-corrected chi connectivity index (χ0v) is 72.3. The molecule has 0 aliphatic rings. The van der Waals surface area contributed by atoms with Crippen molar-refractivity contribution in [3.05, 3.63) is 101 Å². The first-order valence-corrected chi connectivity index (χ1v) is 43.1. The molecule has 3 aromatic rings. The van der Waals surface area contributed by atoms with Crippen molar-refractivity contribution in [3.8, 4) is 5.75 Å². The fourth-order valence-electron chi connectivity index (χ4n) is 12.1. The molecule has 0 aromatic heterocycles. The van der Waals surface area contributed by atoms with Crippen molar-refractivity contribution in [1.29, 1.82) is 0 Å². The van der Waals surface area contributed by atoms with Crippen molar-refractivity contribution in [2.24, 2.45) is 35.0 Å². The second kappa shape index (κ2) is 49.9. The van der Waals surface area contributed by atoms with Crippen molar-refractivity contribution in [3.63, 3.8) is 0 Å². The zero-order valence-electron chi connectivity index (χ0n) is 69.8. The van der Waals surface area contributed by atoms with Gasteiger partial charge in [-0.1, -0.05) is 136 Å². The van der Waals surface area contributed by atoms with E-state index in [-0.39, 0.29) is 82.3 Å². The Labute approximate surface area is 678 Å². The van der Waals surface area contributed by atoms with Gasteiger partial charge in [-0.3, -0.25) is 47.9 Å². The van der Waals surface area contributed by atoms with Crippen LogP contribution in [0.3, 0.4) is 0 Å². The number of alkyl carbamates (subject to hydrolysis) is 1. The van der Waals surface area contributed by atoms with Crippen LogP contribution in [0.5, 0.6) is 5.75 Å². The summed E-state index contributed by atoms with van der Waals surface area (Å²) in [6, 6.07) is 17.7. The molecule has 27 heteroatoms. The molecule has 11 atom stereocenters. The highest BCUT2D eigenvalue weighted by Crippen LogP contribution is 2.28. The van der Waals surface area contributed by atoms with Crippen LogP contribution in [0.1, 0.15) is 198 Å². The van der Waals surface area contributed by atoms with Gasteiger partial charge in [-0.2, -0.15) is 11.8 Å². The average Bonchev–Trinajstić information content (AvgIpc) is 0.811. The number of hydrogen-bond donors (Lipinski definition) is 7. The molecule has 5 amide bonds. The summed E-state index contributed by atoms with van der Waals surface area (Å²) in [7, 11) is 3.06. The third-order valence-corrected chi connectivity index (χ3v) is 21.0. The summed E-state index contributed by atoms with van der Waals surface area (Å²) >= 11 is 1.46. The van der Waals surface area contributed by atoms with Crippen LogP contribution in [0.15, 0.2) is 78.9 Å². The van der Waals surface area contributed by atoms with Crippen LogP contribution in [0, 0.1) is 35.0 Å². The lowest BCUT2D eigenvalue weighted by Crippen LogP contribution is -2.54. The first-order chi connectivity index (χ1) is 52.4. The lowest BCUT2D eigenvalue weighted by atomic mass is 9.86. The molecule has 2 unspecified atom stereocenters. The molecule has 0 bridgehead atoms.